The van der Waals surface area contributed by atoms with Crippen LogP contribution in [-0.2, 0) is 0 Å². The first-order valence-corrected chi connectivity index (χ1v) is 7.43. The Morgan fingerprint density at radius 2 is 1.48 bits per heavy atom. The molecule has 2 aromatic carbocycles. The molecule has 0 atom stereocenters. The first-order valence-electron chi connectivity index (χ1n) is 7.43. The van der Waals surface area contributed by atoms with Crippen LogP contribution in [0.2, 0.25) is 0 Å². The number of carbonyl (C=O) groups excluding carboxylic acids is 1. The molecule has 0 radical (unpaired) electrons. The molecule has 0 aliphatic carbocycles. The summed E-state index contributed by atoms with van der Waals surface area (Å²) in [6, 6.07) is 8.03. The van der Waals surface area contributed by atoms with Crippen LogP contribution in [0.25, 0.3) is 6.08 Å². The molecule has 0 heterocycles. The van der Waals surface area contributed by atoms with E-state index in [-0.39, 0.29) is 11.5 Å². The Morgan fingerprint density at radius 3 is 2.00 bits per heavy atom. The van der Waals surface area contributed by atoms with Gasteiger partial charge in [-0.05, 0) is 23.8 Å². The van der Waals surface area contributed by atoms with Gasteiger partial charge in [0.05, 0.1) is 28.4 Å². The molecule has 0 aliphatic heterocycles. The van der Waals surface area contributed by atoms with E-state index in [0.29, 0.717) is 34.1 Å². The standard InChI is InChI=1S/C19H20O6/c1-22-13-10-17(24-3)19(18(11-13)25-4)15(21)8-6-12-5-7-14(20)16(9-12)23-2/h5-11,20H,1-4H3/b8-6+. The average Bonchev–Trinajstić information content (AvgIpc) is 2.65. The highest BCUT2D eigenvalue weighted by atomic mass is 16.5. The SMILES string of the molecule is COc1cc(OC)c(C(=O)/C=C/c2ccc(O)c(OC)c2)c(OC)c1. The van der Waals surface area contributed by atoms with E-state index >= 15 is 0 Å². The molecule has 0 amide bonds. The Kier molecular flexibility index (Phi) is 5.89. The van der Waals surface area contributed by atoms with Crippen LogP contribution in [0.4, 0.5) is 0 Å². The molecule has 0 saturated carbocycles. The van der Waals surface area contributed by atoms with Crippen molar-refractivity contribution in [3.8, 4) is 28.7 Å². The van der Waals surface area contributed by atoms with Crippen molar-refractivity contribution >= 4 is 11.9 Å². The predicted octanol–water partition coefficient (Wildman–Crippen LogP) is 3.32. The summed E-state index contributed by atoms with van der Waals surface area (Å²) in [5.74, 6) is 1.31. The Morgan fingerprint density at radius 1 is 0.880 bits per heavy atom. The molecular formula is C19H20O6. The monoisotopic (exact) mass is 344 g/mol. The predicted molar refractivity (Wildman–Crippen MR) is 94.1 cm³/mol. The van der Waals surface area contributed by atoms with Crippen molar-refractivity contribution < 1.29 is 28.8 Å². The molecule has 25 heavy (non-hydrogen) atoms. The summed E-state index contributed by atoms with van der Waals surface area (Å²) in [4.78, 5) is 12.6. The van der Waals surface area contributed by atoms with Crippen molar-refractivity contribution in [2.24, 2.45) is 0 Å². The zero-order chi connectivity index (χ0) is 18.4. The normalized spacial score (nSPS) is 10.6. The molecule has 0 aliphatic rings. The lowest BCUT2D eigenvalue weighted by Crippen LogP contribution is -2.03. The van der Waals surface area contributed by atoms with Crippen LogP contribution in [0.3, 0.4) is 0 Å². The van der Waals surface area contributed by atoms with Crippen LogP contribution in [0.5, 0.6) is 28.7 Å². The minimum atomic E-state index is -0.289. The Balaban J connectivity index is 2.37. The third kappa shape index (κ3) is 4.03. The van der Waals surface area contributed by atoms with Gasteiger partial charge in [-0.3, -0.25) is 4.79 Å². The van der Waals surface area contributed by atoms with Gasteiger partial charge in [0.25, 0.3) is 0 Å². The molecule has 0 aromatic heterocycles. The highest BCUT2D eigenvalue weighted by molar-refractivity contribution is 6.10. The highest BCUT2D eigenvalue weighted by Gasteiger charge is 2.18. The third-order valence-corrected chi connectivity index (χ3v) is 3.59. The smallest absolute Gasteiger partial charge is 0.193 e. The molecular weight excluding hydrogens is 324 g/mol. The fourth-order valence-corrected chi connectivity index (χ4v) is 2.30. The van der Waals surface area contributed by atoms with E-state index in [1.54, 1.807) is 30.3 Å². The number of hydrogen-bond donors (Lipinski definition) is 1. The first kappa shape index (κ1) is 18.2. The number of hydrogen-bond acceptors (Lipinski definition) is 6. The molecule has 6 nitrogen and oxygen atoms in total. The summed E-state index contributed by atoms with van der Waals surface area (Å²) in [6.45, 7) is 0. The van der Waals surface area contributed by atoms with Gasteiger partial charge in [0.2, 0.25) is 0 Å². The lowest BCUT2D eigenvalue weighted by Gasteiger charge is -2.13. The van der Waals surface area contributed by atoms with Crippen molar-refractivity contribution in [3.63, 3.8) is 0 Å². The van der Waals surface area contributed by atoms with E-state index in [9.17, 15) is 9.90 Å². The molecule has 0 bridgehead atoms. The summed E-state index contributed by atoms with van der Waals surface area (Å²) in [6.07, 6.45) is 3.02. The quantitative estimate of drug-likeness (QED) is 0.613. The second-order valence-electron chi connectivity index (χ2n) is 5.04. The van der Waals surface area contributed by atoms with E-state index in [2.05, 4.69) is 0 Å². The van der Waals surface area contributed by atoms with Gasteiger partial charge < -0.3 is 24.1 Å². The molecule has 2 aromatic rings. The van der Waals surface area contributed by atoms with Gasteiger partial charge in [-0.2, -0.15) is 0 Å². The number of benzene rings is 2. The maximum Gasteiger partial charge on any atom is 0.193 e. The van der Waals surface area contributed by atoms with Gasteiger partial charge in [-0.1, -0.05) is 12.1 Å². The first-order chi connectivity index (χ1) is 12.0. The van der Waals surface area contributed by atoms with Crippen LogP contribution >= 0.6 is 0 Å². The Bertz CT molecular complexity index is 769. The molecule has 1 N–H and O–H groups in total. The number of phenolic OH excluding ortho intramolecular Hbond substituents is 1. The minimum absolute atomic E-state index is 0.0319. The number of phenols is 1. The number of aromatic hydroxyl groups is 1. The van der Waals surface area contributed by atoms with Gasteiger partial charge in [0, 0.05) is 12.1 Å². The van der Waals surface area contributed by atoms with E-state index in [4.69, 9.17) is 18.9 Å². The van der Waals surface area contributed by atoms with Crippen LogP contribution in [0, 0.1) is 0 Å². The van der Waals surface area contributed by atoms with E-state index < -0.39 is 0 Å². The summed E-state index contributed by atoms with van der Waals surface area (Å²) in [5, 5.41) is 9.62. The van der Waals surface area contributed by atoms with Gasteiger partial charge in [0.1, 0.15) is 22.8 Å². The van der Waals surface area contributed by atoms with Gasteiger partial charge in [0.15, 0.2) is 17.3 Å². The Hall–Kier alpha value is -3.15. The zero-order valence-electron chi connectivity index (χ0n) is 14.5. The third-order valence-electron chi connectivity index (χ3n) is 3.59. The lowest BCUT2D eigenvalue weighted by molar-refractivity contribution is 0.104. The second kappa shape index (κ2) is 8.10. The maximum atomic E-state index is 12.6. The summed E-state index contributed by atoms with van der Waals surface area (Å²) in [7, 11) is 5.92. The van der Waals surface area contributed by atoms with Crippen LogP contribution in [0.1, 0.15) is 15.9 Å². The molecule has 2 rings (SSSR count). The second-order valence-corrected chi connectivity index (χ2v) is 5.04. The van der Waals surface area contributed by atoms with Crippen molar-refractivity contribution in [2.45, 2.75) is 0 Å². The topological polar surface area (TPSA) is 74.2 Å². The summed E-state index contributed by atoms with van der Waals surface area (Å²) in [5.41, 5.74) is 1.00. The van der Waals surface area contributed by atoms with Gasteiger partial charge in [-0.15, -0.1) is 0 Å². The summed E-state index contributed by atoms with van der Waals surface area (Å²) < 4.78 is 20.8. The molecule has 6 heteroatoms. The largest absolute Gasteiger partial charge is 0.504 e. The van der Waals surface area contributed by atoms with Crippen molar-refractivity contribution in [1.29, 1.82) is 0 Å². The number of ketones is 1. The maximum absolute atomic E-state index is 12.6. The highest BCUT2D eigenvalue weighted by Crippen LogP contribution is 2.35. The van der Waals surface area contributed by atoms with Crippen LogP contribution in [-0.4, -0.2) is 39.3 Å². The fraction of sp³-hybridized carbons (Fsp3) is 0.211. The molecule has 0 spiro atoms. The average molecular weight is 344 g/mol. The molecule has 0 fully saturated rings. The Labute approximate surface area is 146 Å². The number of carbonyl (C=O) groups is 1. The van der Waals surface area contributed by atoms with Crippen molar-refractivity contribution in [1.82, 2.24) is 0 Å². The number of rotatable bonds is 7. The molecule has 132 valence electrons. The molecule has 0 saturated heterocycles. The van der Waals surface area contributed by atoms with E-state index in [1.165, 1.54) is 40.6 Å². The number of allylic oxidation sites excluding steroid dienone is 1. The lowest BCUT2D eigenvalue weighted by atomic mass is 10.1. The fourth-order valence-electron chi connectivity index (χ4n) is 2.30. The number of ether oxygens (including phenoxy) is 4. The van der Waals surface area contributed by atoms with Gasteiger partial charge >= 0.3 is 0 Å². The van der Waals surface area contributed by atoms with Crippen molar-refractivity contribution in [3.05, 3.63) is 47.5 Å². The number of methoxy groups -OCH3 is 4. The zero-order valence-corrected chi connectivity index (χ0v) is 14.5. The van der Waals surface area contributed by atoms with E-state index in [1.807, 2.05) is 0 Å². The van der Waals surface area contributed by atoms with E-state index in [0.717, 1.165) is 0 Å². The van der Waals surface area contributed by atoms with Crippen LogP contribution < -0.4 is 18.9 Å². The van der Waals surface area contributed by atoms with Gasteiger partial charge in [-0.25, -0.2) is 0 Å². The van der Waals surface area contributed by atoms with Crippen molar-refractivity contribution in [2.75, 3.05) is 28.4 Å². The van der Waals surface area contributed by atoms with Crippen LogP contribution in [0.15, 0.2) is 36.4 Å². The minimum Gasteiger partial charge on any atom is -0.504 e. The molecule has 0 unspecified atom stereocenters. The summed E-state index contributed by atoms with van der Waals surface area (Å²) >= 11 is 0.